The first-order valence-electron chi connectivity index (χ1n) is 13.5. The van der Waals surface area contributed by atoms with E-state index in [0.29, 0.717) is 29.2 Å². The van der Waals surface area contributed by atoms with Crippen molar-refractivity contribution in [1.29, 1.82) is 5.41 Å². The van der Waals surface area contributed by atoms with E-state index in [1.54, 1.807) is 43.9 Å². The second-order valence-electron chi connectivity index (χ2n) is 10.7. The molecular formula is C30H41ClFN3O6. The van der Waals surface area contributed by atoms with E-state index in [1.165, 1.54) is 0 Å². The molecule has 2 aromatic carbocycles. The molecular weight excluding hydrogens is 553 g/mol. The van der Waals surface area contributed by atoms with Crippen molar-refractivity contribution in [1.82, 2.24) is 4.90 Å². The molecule has 1 heterocycles. The Hall–Kier alpha value is -3.53. The summed E-state index contributed by atoms with van der Waals surface area (Å²) >= 11 is 0. The van der Waals surface area contributed by atoms with Crippen LogP contribution in [0.4, 0.5) is 10.1 Å². The normalized spacial score (nSPS) is 12.4. The Morgan fingerprint density at radius 1 is 1.00 bits per heavy atom. The highest BCUT2D eigenvalue weighted by atomic mass is 35.5. The molecule has 1 aliphatic heterocycles. The second-order valence-corrected chi connectivity index (χ2v) is 10.7. The summed E-state index contributed by atoms with van der Waals surface area (Å²) in [4.78, 5) is 29.0. The van der Waals surface area contributed by atoms with Crippen LogP contribution < -0.4 is 19.1 Å². The molecule has 3 rings (SSSR count). The number of esters is 1. The number of benzene rings is 2. The highest BCUT2D eigenvalue weighted by molar-refractivity contribution is 6.06. The quantitative estimate of drug-likeness (QED) is 0.259. The van der Waals surface area contributed by atoms with E-state index in [4.69, 9.17) is 24.4 Å². The zero-order chi connectivity index (χ0) is 29.8. The van der Waals surface area contributed by atoms with Gasteiger partial charge in [0.05, 0.1) is 37.6 Å². The molecule has 0 saturated heterocycles. The molecule has 0 amide bonds. The molecule has 0 radical (unpaired) electrons. The molecule has 226 valence electrons. The smallest absolute Gasteiger partial charge is 0.344 e. The number of Topliss-reactive ketones (excluding diaryl/α,β-unsaturated/α-hetero) is 1. The zero-order valence-electron chi connectivity index (χ0n) is 25.1. The van der Waals surface area contributed by atoms with Gasteiger partial charge in [0.1, 0.15) is 11.6 Å². The number of anilines is 1. The molecule has 0 atom stereocenters. The second kappa shape index (κ2) is 13.9. The van der Waals surface area contributed by atoms with Crippen LogP contribution >= 0.6 is 12.4 Å². The number of carbonyl (C=O) groups is 2. The lowest BCUT2D eigenvalue weighted by Crippen LogP contribution is -2.31. The van der Waals surface area contributed by atoms with Crippen LogP contribution in [-0.4, -0.2) is 69.6 Å². The van der Waals surface area contributed by atoms with Crippen LogP contribution in [0.3, 0.4) is 0 Å². The van der Waals surface area contributed by atoms with E-state index in [2.05, 4.69) is 0 Å². The van der Waals surface area contributed by atoms with Crippen molar-refractivity contribution in [3.63, 3.8) is 0 Å². The number of carbonyl (C=O) groups excluding carboxylic acids is 2. The topological polar surface area (TPSA) is 101 Å². The average molecular weight is 594 g/mol. The minimum atomic E-state index is -0.657. The number of hydrogen-bond acceptors (Lipinski definition) is 8. The van der Waals surface area contributed by atoms with E-state index >= 15 is 4.39 Å². The molecule has 0 saturated carbocycles. The van der Waals surface area contributed by atoms with Crippen LogP contribution in [-0.2, 0) is 21.5 Å². The van der Waals surface area contributed by atoms with Gasteiger partial charge in [-0.05, 0) is 49.9 Å². The number of amidine groups is 1. The summed E-state index contributed by atoms with van der Waals surface area (Å²) in [5, 5.41) is 8.67. The van der Waals surface area contributed by atoms with E-state index < -0.39 is 17.2 Å². The standard InChI is InChI=1S/C30H40FN3O6.ClH/c1-9-37-23-14-19-15-34(29(32)25(19)26(31)28(23)39-11-3)16-22(35)18-12-20(30(4,5)6)27(21(13-18)33(7)8)40-17-24(36)38-10-2;/h12-14,32H,9-11,15-17H2,1-8H3;1H. The largest absolute Gasteiger partial charge is 0.490 e. The van der Waals surface area contributed by atoms with Gasteiger partial charge in [-0.15, -0.1) is 12.4 Å². The number of halogens is 2. The number of rotatable bonds is 12. The molecule has 1 N–H and O–H groups in total. The van der Waals surface area contributed by atoms with Crippen molar-refractivity contribution < 1.29 is 32.9 Å². The number of fused-ring (bicyclic) bond motifs is 1. The Morgan fingerprint density at radius 2 is 1.66 bits per heavy atom. The fraction of sp³-hybridized carbons (Fsp3) is 0.500. The molecule has 0 unspecified atom stereocenters. The molecule has 0 aromatic heterocycles. The van der Waals surface area contributed by atoms with Gasteiger partial charge in [-0.1, -0.05) is 20.8 Å². The van der Waals surface area contributed by atoms with Crippen molar-refractivity contribution in [2.24, 2.45) is 0 Å². The SMILES string of the molecule is CCOC(=O)COc1c(N(C)C)cc(C(=O)CN2Cc3cc(OCC)c(OCC)c(F)c3C2=N)cc1C(C)(C)C.Cl. The summed E-state index contributed by atoms with van der Waals surface area (Å²) in [6, 6.07) is 5.17. The van der Waals surface area contributed by atoms with Crippen LogP contribution in [0.5, 0.6) is 17.2 Å². The number of hydrogen-bond donors (Lipinski definition) is 1. The third-order valence-electron chi connectivity index (χ3n) is 6.43. The lowest BCUT2D eigenvalue weighted by molar-refractivity contribution is -0.145. The van der Waals surface area contributed by atoms with Gasteiger partial charge in [-0.3, -0.25) is 10.2 Å². The average Bonchev–Trinajstić information content (AvgIpc) is 3.18. The van der Waals surface area contributed by atoms with E-state index in [1.807, 2.05) is 39.8 Å². The third-order valence-corrected chi connectivity index (χ3v) is 6.43. The van der Waals surface area contributed by atoms with E-state index in [-0.39, 0.29) is 74.0 Å². The van der Waals surface area contributed by atoms with Crippen LogP contribution in [0.1, 0.15) is 68.6 Å². The predicted molar refractivity (Wildman–Crippen MR) is 159 cm³/mol. The summed E-state index contributed by atoms with van der Waals surface area (Å²) in [5.41, 5.74) is 2.07. The lowest BCUT2D eigenvalue weighted by Gasteiger charge is -2.28. The summed E-state index contributed by atoms with van der Waals surface area (Å²) in [5.74, 6) is -0.697. The van der Waals surface area contributed by atoms with Gasteiger partial charge in [-0.25, -0.2) is 9.18 Å². The number of ketones is 1. The first-order chi connectivity index (χ1) is 18.8. The Labute approximate surface area is 247 Å². The molecule has 0 bridgehead atoms. The molecule has 41 heavy (non-hydrogen) atoms. The van der Waals surface area contributed by atoms with Gasteiger partial charge in [-0.2, -0.15) is 0 Å². The molecule has 1 aliphatic rings. The van der Waals surface area contributed by atoms with Crippen LogP contribution in [0, 0.1) is 11.2 Å². The van der Waals surface area contributed by atoms with E-state index in [9.17, 15) is 9.59 Å². The summed E-state index contributed by atoms with van der Waals surface area (Å²) < 4.78 is 37.5. The maximum absolute atomic E-state index is 15.5. The van der Waals surface area contributed by atoms with Crippen molar-refractivity contribution in [3.8, 4) is 17.2 Å². The molecule has 0 spiro atoms. The molecule has 2 aromatic rings. The minimum Gasteiger partial charge on any atom is -0.490 e. The van der Waals surface area contributed by atoms with Gasteiger partial charge in [0, 0.05) is 31.8 Å². The highest BCUT2D eigenvalue weighted by Crippen LogP contribution is 2.41. The Bertz CT molecular complexity index is 1290. The summed E-state index contributed by atoms with van der Waals surface area (Å²) in [7, 11) is 3.66. The number of ether oxygens (including phenoxy) is 4. The number of nitrogens with one attached hydrogen (secondary N) is 1. The lowest BCUT2D eigenvalue weighted by atomic mass is 9.84. The zero-order valence-corrected chi connectivity index (χ0v) is 25.9. The molecule has 0 fully saturated rings. The van der Waals surface area contributed by atoms with Crippen LogP contribution in [0.2, 0.25) is 0 Å². The first kappa shape index (κ1) is 33.7. The van der Waals surface area contributed by atoms with Gasteiger partial charge < -0.3 is 28.7 Å². The van der Waals surface area contributed by atoms with Crippen LogP contribution in [0.25, 0.3) is 0 Å². The predicted octanol–water partition coefficient (Wildman–Crippen LogP) is 5.37. The minimum absolute atomic E-state index is 0. The monoisotopic (exact) mass is 593 g/mol. The first-order valence-corrected chi connectivity index (χ1v) is 13.5. The Morgan fingerprint density at radius 3 is 2.22 bits per heavy atom. The Kier molecular flexibility index (Phi) is 11.4. The van der Waals surface area contributed by atoms with Gasteiger partial charge in [0.25, 0.3) is 0 Å². The van der Waals surface area contributed by atoms with Crippen molar-refractivity contribution in [3.05, 3.63) is 46.3 Å². The van der Waals surface area contributed by atoms with Gasteiger partial charge in [0.2, 0.25) is 0 Å². The maximum atomic E-state index is 15.5. The molecule has 11 heteroatoms. The molecule has 9 nitrogen and oxygen atoms in total. The summed E-state index contributed by atoms with van der Waals surface area (Å²) in [6.07, 6.45) is 0. The van der Waals surface area contributed by atoms with Gasteiger partial charge >= 0.3 is 5.97 Å². The highest BCUT2D eigenvalue weighted by Gasteiger charge is 2.34. The van der Waals surface area contributed by atoms with Gasteiger partial charge in [0.15, 0.2) is 29.7 Å². The van der Waals surface area contributed by atoms with E-state index in [0.717, 1.165) is 5.56 Å². The molecule has 0 aliphatic carbocycles. The van der Waals surface area contributed by atoms with Crippen molar-refractivity contribution in [2.75, 3.05) is 52.0 Å². The van der Waals surface area contributed by atoms with Crippen molar-refractivity contribution in [2.45, 2.75) is 53.5 Å². The third kappa shape index (κ3) is 7.41. The fourth-order valence-electron chi connectivity index (χ4n) is 4.57. The van der Waals surface area contributed by atoms with Crippen molar-refractivity contribution >= 4 is 35.7 Å². The Balaban J connectivity index is 0.00000588. The fourth-order valence-corrected chi connectivity index (χ4v) is 4.57. The van der Waals surface area contributed by atoms with Crippen LogP contribution in [0.15, 0.2) is 18.2 Å². The summed E-state index contributed by atoms with van der Waals surface area (Å²) in [6.45, 7) is 11.9. The maximum Gasteiger partial charge on any atom is 0.344 e. The number of nitrogens with zero attached hydrogens (tertiary/aromatic N) is 2.